The van der Waals surface area contributed by atoms with Crippen molar-refractivity contribution in [2.75, 3.05) is 90.2 Å². The summed E-state index contributed by atoms with van der Waals surface area (Å²) in [4.78, 5) is 88.3. The molecule has 456 valence electrons. The van der Waals surface area contributed by atoms with Gasteiger partial charge >= 0.3 is 0 Å². The highest BCUT2D eigenvalue weighted by atomic mass is 16.5. The Labute approximate surface area is 495 Å². The molecular formula is C64H84N10O11. The minimum absolute atomic E-state index is 0.0604. The molecule has 4 heterocycles. The summed E-state index contributed by atoms with van der Waals surface area (Å²) in [5.74, 6) is -0.0906. The topological polar surface area (TPSA) is 285 Å². The van der Waals surface area contributed by atoms with Crippen LogP contribution >= 0.6 is 0 Å². The Morgan fingerprint density at radius 2 is 0.929 bits per heavy atom. The SMILES string of the molecule is CN(CCCCC(=O)Nc1ccc(CNC[C@H](O)c2ccc(O)c3[nH]c(=O)ccc23)cc1)C(=O)CCN1CCC(OC2CCN(CCC(=O)N(C)CCCCC(=O)Nc3ccc(CNC[C@H](O)c4ccc(O)c5[nH]c(=O)ccc45)cc3)CC2)CC1. The molecule has 6 aromatic rings. The lowest BCUT2D eigenvalue weighted by atomic mass is 10.0. The van der Waals surface area contributed by atoms with Crippen molar-refractivity contribution in [2.24, 2.45) is 0 Å². The normalized spacial score (nSPS) is 15.2. The van der Waals surface area contributed by atoms with E-state index in [9.17, 15) is 49.2 Å². The van der Waals surface area contributed by atoms with Gasteiger partial charge in [-0.3, -0.25) is 28.8 Å². The Morgan fingerprint density at radius 3 is 1.32 bits per heavy atom. The molecule has 0 unspecified atom stereocenters. The molecule has 0 radical (unpaired) electrons. The fraction of sp³-hybridized carbons (Fsp3) is 0.469. The lowest BCUT2D eigenvalue weighted by molar-refractivity contribution is -0.131. The third-order valence-corrected chi connectivity index (χ3v) is 16.2. The van der Waals surface area contributed by atoms with E-state index in [1.165, 1.54) is 24.3 Å². The van der Waals surface area contributed by atoms with Crippen LogP contribution in [0, 0.1) is 0 Å². The molecular weight excluding hydrogens is 1080 g/mol. The van der Waals surface area contributed by atoms with Crippen LogP contribution in [0.15, 0.2) is 107 Å². The van der Waals surface area contributed by atoms with Crippen molar-refractivity contribution in [3.05, 3.63) is 140 Å². The van der Waals surface area contributed by atoms with Crippen molar-refractivity contribution < 1.29 is 44.3 Å². The molecule has 10 N–H and O–H groups in total. The van der Waals surface area contributed by atoms with Crippen LogP contribution in [-0.2, 0) is 37.0 Å². The van der Waals surface area contributed by atoms with Crippen molar-refractivity contribution in [3.8, 4) is 11.5 Å². The molecule has 21 heteroatoms. The number of carbonyl (C=O) groups is 4. The van der Waals surface area contributed by atoms with Gasteiger partial charge in [-0.25, -0.2) is 0 Å². The van der Waals surface area contributed by atoms with E-state index in [0.29, 0.717) is 111 Å². The summed E-state index contributed by atoms with van der Waals surface area (Å²) in [5, 5.41) is 55.5. The van der Waals surface area contributed by atoms with E-state index >= 15 is 0 Å². The van der Waals surface area contributed by atoms with Crippen LogP contribution in [0.1, 0.15) is 112 Å². The monoisotopic (exact) mass is 1170 g/mol. The van der Waals surface area contributed by atoms with Gasteiger partial charge in [0.05, 0.1) is 35.4 Å². The number of hydrogen-bond donors (Lipinski definition) is 10. The zero-order valence-corrected chi connectivity index (χ0v) is 49.0. The third kappa shape index (κ3) is 19.3. The smallest absolute Gasteiger partial charge is 0.248 e. The van der Waals surface area contributed by atoms with Gasteiger partial charge in [-0.1, -0.05) is 36.4 Å². The van der Waals surface area contributed by atoms with Crippen molar-refractivity contribution in [3.63, 3.8) is 0 Å². The van der Waals surface area contributed by atoms with Crippen molar-refractivity contribution in [1.29, 1.82) is 0 Å². The fourth-order valence-corrected chi connectivity index (χ4v) is 11.1. The molecule has 2 saturated heterocycles. The molecule has 8 rings (SSSR count). The number of unbranched alkanes of at least 4 members (excludes halogenated alkanes) is 2. The summed E-state index contributed by atoms with van der Waals surface area (Å²) in [6.07, 6.45) is 6.80. The van der Waals surface area contributed by atoms with E-state index in [0.717, 1.165) is 75.8 Å². The number of phenolic OH excluding ortho intramolecular Hbond substituents is 2. The highest BCUT2D eigenvalue weighted by Crippen LogP contribution is 2.30. The first-order valence-corrected chi connectivity index (χ1v) is 29.9. The minimum atomic E-state index is -0.869. The zero-order chi connectivity index (χ0) is 60.2. The average molecular weight is 1170 g/mol. The summed E-state index contributed by atoms with van der Waals surface area (Å²) in [7, 11) is 3.65. The minimum Gasteiger partial charge on any atom is -0.506 e. The molecule has 2 aliphatic rings. The number of aliphatic hydroxyl groups excluding tert-OH is 2. The van der Waals surface area contributed by atoms with Crippen molar-refractivity contribution in [2.45, 2.75) is 115 Å². The third-order valence-electron chi connectivity index (χ3n) is 16.2. The molecule has 0 saturated carbocycles. The molecule has 4 aromatic carbocycles. The first-order chi connectivity index (χ1) is 41.0. The Kier molecular flexibility index (Phi) is 23.6. The average Bonchev–Trinajstić information content (AvgIpc) is 3.07. The second kappa shape index (κ2) is 31.6. The number of hydrogen-bond acceptors (Lipinski definition) is 15. The van der Waals surface area contributed by atoms with Gasteiger partial charge in [0.1, 0.15) is 11.5 Å². The maximum atomic E-state index is 13.0. The van der Waals surface area contributed by atoms with Gasteiger partial charge in [0, 0.05) is 153 Å². The predicted octanol–water partition coefficient (Wildman–Crippen LogP) is 5.99. The first-order valence-electron chi connectivity index (χ1n) is 29.9. The number of likely N-dealkylation sites (tertiary alicyclic amines) is 2. The van der Waals surface area contributed by atoms with Gasteiger partial charge < -0.3 is 76.0 Å². The maximum absolute atomic E-state index is 13.0. The van der Waals surface area contributed by atoms with Crippen LogP contribution in [0.3, 0.4) is 0 Å². The van der Waals surface area contributed by atoms with E-state index in [2.05, 4.69) is 41.0 Å². The number of amides is 4. The van der Waals surface area contributed by atoms with Crippen molar-refractivity contribution in [1.82, 2.24) is 40.2 Å². The van der Waals surface area contributed by atoms with E-state index in [1.54, 1.807) is 34.1 Å². The van der Waals surface area contributed by atoms with E-state index < -0.39 is 12.2 Å². The number of phenols is 2. The number of aromatic hydroxyl groups is 2. The number of piperidine rings is 2. The molecule has 2 aromatic heterocycles. The molecule has 0 bridgehead atoms. The van der Waals surface area contributed by atoms with Gasteiger partial charge in [-0.15, -0.1) is 0 Å². The van der Waals surface area contributed by atoms with Crippen molar-refractivity contribution >= 4 is 56.8 Å². The predicted molar refractivity (Wildman–Crippen MR) is 328 cm³/mol. The van der Waals surface area contributed by atoms with E-state index in [-0.39, 0.29) is 82.6 Å². The van der Waals surface area contributed by atoms with Crippen LogP contribution in [0.4, 0.5) is 11.4 Å². The number of nitrogens with one attached hydrogen (secondary N) is 6. The van der Waals surface area contributed by atoms with Crippen LogP contribution < -0.4 is 32.4 Å². The Bertz CT molecular complexity index is 3070. The number of pyridine rings is 2. The van der Waals surface area contributed by atoms with Gasteiger partial charge in [-0.05, 0) is 122 Å². The summed E-state index contributed by atoms with van der Waals surface area (Å²) in [5.41, 5.74) is 4.40. The lowest BCUT2D eigenvalue weighted by Crippen LogP contribution is -2.43. The Balaban J connectivity index is 0.599. The van der Waals surface area contributed by atoms with E-state index in [4.69, 9.17) is 4.74 Å². The number of aromatic nitrogens is 2. The molecule has 21 nitrogen and oxygen atoms in total. The van der Waals surface area contributed by atoms with E-state index in [1.807, 2.05) is 62.6 Å². The Morgan fingerprint density at radius 1 is 0.541 bits per heavy atom. The van der Waals surface area contributed by atoms with Gasteiger partial charge in [0.25, 0.3) is 0 Å². The fourth-order valence-electron chi connectivity index (χ4n) is 11.1. The number of benzene rings is 4. The number of H-pyrrole nitrogens is 2. The number of ether oxygens (including phenoxy) is 1. The number of aliphatic hydroxyl groups is 2. The van der Waals surface area contributed by atoms with Crippen LogP contribution in [0.5, 0.6) is 11.5 Å². The summed E-state index contributed by atoms with van der Waals surface area (Å²) >= 11 is 0. The van der Waals surface area contributed by atoms with Gasteiger partial charge in [0.15, 0.2) is 0 Å². The standard InChI is InChI=1S/C64H84N10O11/c1-71(31-5-3-7-57(79)67-45-13-9-43(10-14-45)39-65-41-55(77)49-17-21-53(75)63-51(49)19-23-59(81)69-63)61(83)29-37-73-33-25-47(26-34-73)85-48-27-35-74(36-28-48)38-30-62(84)72(2)32-6-4-8-58(80)68-46-15-11-44(12-16-46)40-66-42-56(78)50-18-22-54(76)64-52(50)20-24-60(82)70-64/h9-24,47-48,55-56,65-66,75-78H,3-8,25-42H2,1-2H3,(H,67,79)(H,68,80)(H,69,81)(H,70,82)/t55-,56-/m0/s1. The number of aromatic amines is 2. The highest BCUT2D eigenvalue weighted by molar-refractivity contribution is 5.91. The number of carbonyl (C=O) groups excluding carboxylic acids is 4. The number of anilines is 2. The first kappa shape index (κ1) is 63.5. The molecule has 2 fully saturated rings. The largest absolute Gasteiger partial charge is 0.506 e. The molecule has 4 amide bonds. The van der Waals surface area contributed by atoms with Gasteiger partial charge in [0.2, 0.25) is 34.7 Å². The summed E-state index contributed by atoms with van der Waals surface area (Å²) in [6, 6.07) is 27.1. The lowest BCUT2D eigenvalue weighted by Gasteiger charge is -2.37. The highest BCUT2D eigenvalue weighted by Gasteiger charge is 2.27. The van der Waals surface area contributed by atoms with Crippen LogP contribution in [0.2, 0.25) is 0 Å². The molecule has 0 aliphatic carbocycles. The quantitative estimate of drug-likeness (QED) is 0.0232. The number of rotatable bonds is 30. The number of fused-ring (bicyclic) bond motifs is 2. The Hall–Kier alpha value is -7.50. The molecule has 85 heavy (non-hydrogen) atoms. The number of nitrogens with zero attached hydrogens (tertiary/aromatic N) is 4. The summed E-state index contributed by atoms with van der Waals surface area (Å²) in [6.45, 7) is 7.65. The maximum Gasteiger partial charge on any atom is 0.248 e. The zero-order valence-electron chi connectivity index (χ0n) is 49.0. The molecule has 2 atom stereocenters. The van der Waals surface area contributed by atoms with Crippen LogP contribution in [-0.4, -0.2) is 165 Å². The van der Waals surface area contributed by atoms with Gasteiger partial charge in [-0.2, -0.15) is 0 Å². The summed E-state index contributed by atoms with van der Waals surface area (Å²) < 4.78 is 6.56. The second-order valence-corrected chi connectivity index (χ2v) is 22.6. The van der Waals surface area contributed by atoms with Crippen LogP contribution in [0.25, 0.3) is 21.8 Å². The second-order valence-electron chi connectivity index (χ2n) is 22.6. The molecule has 2 aliphatic heterocycles. The molecule has 0 spiro atoms.